The summed E-state index contributed by atoms with van der Waals surface area (Å²) in [6.45, 7) is 2.32. The molecule has 0 radical (unpaired) electrons. The molecule has 1 saturated carbocycles. The molecule has 0 spiro atoms. The summed E-state index contributed by atoms with van der Waals surface area (Å²) >= 11 is 0. The Bertz CT molecular complexity index is 494. The summed E-state index contributed by atoms with van der Waals surface area (Å²) in [4.78, 5) is 7.62. The Morgan fingerprint density at radius 2 is 1.89 bits per heavy atom. The minimum Gasteiger partial charge on any atom is -0.368 e. The van der Waals surface area contributed by atoms with Gasteiger partial charge in [0.2, 0.25) is 16.0 Å². The molecule has 6 nitrogen and oxygen atoms in total. The van der Waals surface area contributed by atoms with Crippen LogP contribution in [0.25, 0.3) is 0 Å². The van der Waals surface area contributed by atoms with Crippen LogP contribution in [0.2, 0.25) is 0 Å². The predicted octanol–water partition coefficient (Wildman–Crippen LogP) is 1.01. The van der Waals surface area contributed by atoms with Crippen molar-refractivity contribution in [3.8, 4) is 0 Å². The summed E-state index contributed by atoms with van der Waals surface area (Å²) in [5, 5.41) is 0. The van der Waals surface area contributed by atoms with E-state index in [9.17, 15) is 8.42 Å². The molecule has 0 aromatic carbocycles. The third-order valence-corrected chi connectivity index (χ3v) is 5.28. The van der Waals surface area contributed by atoms with Gasteiger partial charge in [-0.25, -0.2) is 18.4 Å². The van der Waals surface area contributed by atoms with Crippen LogP contribution >= 0.6 is 0 Å². The van der Waals surface area contributed by atoms with Gasteiger partial charge in [-0.15, -0.1) is 0 Å². The Labute approximate surface area is 107 Å². The number of hydrogen-bond acceptors (Lipinski definition) is 5. The second-order valence-electron chi connectivity index (χ2n) is 4.42. The molecule has 7 heteroatoms. The molecule has 0 atom stereocenters. The Balaban J connectivity index is 2.30. The second kappa shape index (κ2) is 5.19. The molecular weight excluding hydrogens is 252 g/mol. The average Bonchev–Trinajstić information content (AvgIpc) is 2.84. The lowest BCUT2D eigenvalue weighted by Crippen LogP contribution is -2.38. The highest BCUT2D eigenvalue weighted by atomic mass is 32.2. The normalized spacial score (nSPS) is 17.4. The molecule has 2 rings (SSSR count). The summed E-state index contributed by atoms with van der Waals surface area (Å²) in [7, 11) is -3.50. The topological polar surface area (TPSA) is 89.2 Å². The standard InChI is InChI=1S/C11H18N4O2S/c1-2-15(9-5-3-4-6-9)18(16,17)10-7-13-11(12)14-8-10/h7-9H,2-6H2,1H3,(H2,12,13,14). The van der Waals surface area contributed by atoms with E-state index in [1.54, 1.807) is 4.31 Å². The lowest BCUT2D eigenvalue weighted by atomic mass is 10.2. The molecule has 0 amide bonds. The summed E-state index contributed by atoms with van der Waals surface area (Å²) < 4.78 is 26.5. The first-order chi connectivity index (χ1) is 8.55. The number of nitrogens with zero attached hydrogens (tertiary/aromatic N) is 3. The van der Waals surface area contributed by atoms with E-state index < -0.39 is 10.0 Å². The molecule has 100 valence electrons. The Hall–Kier alpha value is -1.21. The van der Waals surface area contributed by atoms with E-state index in [1.807, 2.05) is 6.92 Å². The van der Waals surface area contributed by atoms with E-state index in [1.165, 1.54) is 12.4 Å². The van der Waals surface area contributed by atoms with Gasteiger partial charge in [-0.2, -0.15) is 4.31 Å². The van der Waals surface area contributed by atoms with E-state index in [0.29, 0.717) is 6.54 Å². The summed E-state index contributed by atoms with van der Waals surface area (Å²) in [5.74, 6) is 0.0814. The van der Waals surface area contributed by atoms with Crippen LogP contribution in [0, 0.1) is 0 Å². The van der Waals surface area contributed by atoms with Crippen molar-refractivity contribution in [3.05, 3.63) is 12.4 Å². The Kier molecular flexibility index (Phi) is 3.82. The molecule has 1 fully saturated rings. The van der Waals surface area contributed by atoms with Crippen molar-refractivity contribution in [1.29, 1.82) is 0 Å². The molecule has 0 bridgehead atoms. The van der Waals surface area contributed by atoms with Crippen LogP contribution in [0.5, 0.6) is 0 Å². The van der Waals surface area contributed by atoms with Crippen molar-refractivity contribution in [2.75, 3.05) is 12.3 Å². The van der Waals surface area contributed by atoms with Gasteiger partial charge in [-0.3, -0.25) is 0 Å². The fourth-order valence-electron chi connectivity index (χ4n) is 2.41. The molecule has 1 aliphatic carbocycles. The zero-order valence-corrected chi connectivity index (χ0v) is 11.2. The van der Waals surface area contributed by atoms with Gasteiger partial charge in [-0.1, -0.05) is 19.8 Å². The Morgan fingerprint density at radius 1 is 1.33 bits per heavy atom. The van der Waals surface area contributed by atoms with E-state index in [4.69, 9.17) is 5.73 Å². The maximum Gasteiger partial charge on any atom is 0.246 e. The zero-order valence-electron chi connectivity index (χ0n) is 10.4. The van der Waals surface area contributed by atoms with Gasteiger partial charge in [0.05, 0.1) is 12.4 Å². The van der Waals surface area contributed by atoms with E-state index in [2.05, 4.69) is 9.97 Å². The van der Waals surface area contributed by atoms with Crippen molar-refractivity contribution in [1.82, 2.24) is 14.3 Å². The molecular formula is C11H18N4O2S. The first-order valence-corrected chi connectivity index (χ1v) is 7.59. The lowest BCUT2D eigenvalue weighted by molar-refractivity contribution is 0.335. The van der Waals surface area contributed by atoms with Gasteiger partial charge in [0, 0.05) is 12.6 Å². The Morgan fingerprint density at radius 3 is 2.39 bits per heavy atom. The number of aromatic nitrogens is 2. The van der Waals surface area contributed by atoms with Crippen molar-refractivity contribution in [3.63, 3.8) is 0 Å². The molecule has 1 aliphatic rings. The van der Waals surface area contributed by atoms with Gasteiger partial charge >= 0.3 is 0 Å². The van der Waals surface area contributed by atoms with Gasteiger partial charge < -0.3 is 5.73 Å². The average molecular weight is 270 g/mol. The van der Waals surface area contributed by atoms with Crippen molar-refractivity contribution in [2.24, 2.45) is 0 Å². The lowest BCUT2D eigenvalue weighted by Gasteiger charge is -2.26. The van der Waals surface area contributed by atoms with Crippen LogP contribution in [0.15, 0.2) is 17.3 Å². The first-order valence-electron chi connectivity index (χ1n) is 6.15. The number of sulfonamides is 1. The van der Waals surface area contributed by atoms with Gasteiger partial charge in [-0.05, 0) is 12.8 Å². The first kappa shape index (κ1) is 13.2. The fraction of sp³-hybridized carbons (Fsp3) is 0.636. The molecule has 18 heavy (non-hydrogen) atoms. The van der Waals surface area contributed by atoms with Crippen molar-refractivity contribution >= 4 is 16.0 Å². The fourth-order valence-corrected chi connectivity index (χ4v) is 4.00. The summed E-state index contributed by atoms with van der Waals surface area (Å²) in [6, 6.07) is 0.109. The van der Waals surface area contributed by atoms with Crippen LogP contribution in [-0.4, -0.2) is 35.3 Å². The van der Waals surface area contributed by atoms with Gasteiger partial charge in [0.25, 0.3) is 0 Å². The number of rotatable bonds is 4. The van der Waals surface area contributed by atoms with Crippen molar-refractivity contribution < 1.29 is 8.42 Å². The molecule has 1 heterocycles. The minimum absolute atomic E-state index is 0.0814. The number of nitrogens with two attached hydrogens (primary N) is 1. The molecule has 2 N–H and O–H groups in total. The molecule has 0 aliphatic heterocycles. The quantitative estimate of drug-likeness (QED) is 0.882. The summed E-state index contributed by atoms with van der Waals surface area (Å²) in [6.07, 6.45) is 6.60. The largest absolute Gasteiger partial charge is 0.368 e. The van der Waals surface area contributed by atoms with Crippen LogP contribution in [0.4, 0.5) is 5.95 Å². The maximum atomic E-state index is 12.5. The van der Waals surface area contributed by atoms with E-state index in [-0.39, 0.29) is 16.9 Å². The monoisotopic (exact) mass is 270 g/mol. The third kappa shape index (κ3) is 2.46. The minimum atomic E-state index is -3.50. The smallest absolute Gasteiger partial charge is 0.246 e. The number of hydrogen-bond donors (Lipinski definition) is 1. The number of nitrogen functional groups attached to an aromatic ring is 1. The third-order valence-electron chi connectivity index (χ3n) is 3.30. The highest BCUT2D eigenvalue weighted by Gasteiger charge is 2.32. The van der Waals surface area contributed by atoms with Crippen LogP contribution in [-0.2, 0) is 10.0 Å². The highest BCUT2D eigenvalue weighted by molar-refractivity contribution is 7.89. The highest BCUT2D eigenvalue weighted by Crippen LogP contribution is 2.27. The van der Waals surface area contributed by atoms with Gasteiger partial charge in [0.15, 0.2) is 0 Å². The van der Waals surface area contributed by atoms with Crippen LogP contribution in [0.3, 0.4) is 0 Å². The van der Waals surface area contributed by atoms with Crippen LogP contribution < -0.4 is 5.73 Å². The molecule has 0 saturated heterocycles. The summed E-state index contributed by atoms with van der Waals surface area (Å²) in [5.41, 5.74) is 5.37. The van der Waals surface area contributed by atoms with E-state index >= 15 is 0 Å². The molecule has 1 aromatic rings. The van der Waals surface area contributed by atoms with E-state index in [0.717, 1.165) is 25.7 Å². The van der Waals surface area contributed by atoms with Gasteiger partial charge in [0.1, 0.15) is 4.90 Å². The zero-order chi connectivity index (χ0) is 13.2. The maximum absolute atomic E-state index is 12.5. The van der Waals surface area contributed by atoms with Crippen molar-refractivity contribution in [2.45, 2.75) is 43.5 Å². The molecule has 1 aromatic heterocycles. The van der Waals surface area contributed by atoms with Crippen LogP contribution in [0.1, 0.15) is 32.6 Å². The number of anilines is 1. The predicted molar refractivity (Wildman–Crippen MR) is 68.3 cm³/mol. The SMILES string of the molecule is CCN(C1CCCC1)S(=O)(=O)c1cnc(N)nc1. The molecule has 0 unspecified atom stereocenters. The second-order valence-corrected chi connectivity index (χ2v) is 6.31.